The zero-order valence-corrected chi connectivity index (χ0v) is 26.2. The molecule has 3 unspecified atom stereocenters. The third-order valence-electron chi connectivity index (χ3n) is 7.24. The number of carbonyl (C=O) groups excluding carboxylic acids is 4. The van der Waals surface area contributed by atoms with Gasteiger partial charge in [-0.15, -0.1) is 0 Å². The van der Waals surface area contributed by atoms with Crippen LogP contribution in [0.2, 0.25) is 0 Å². The van der Waals surface area contributed by atoms with Crippen molar-refractivity contribution in [1.82, 2.24) is 9.80 Å². The fourth-order valence-electron chi connectivity index (χ4n) is 5.20. The van der Waals surface area contributed by atoms with Gasteiger partial charge in [-0.05, 0) is 49.0 Å². The molecule has 2 aromatic rings. The predicted octanol–water partition coefficient (Wildman–Crippen LogP) is 6.51. The predicted molar refractivity (Wildman–Crippen MR) is 164 cm³/mol. The second-order valence-electron chi connectivity index (χ2n) is 10.8. The quantitative estimate of drug-likeness (QED) is 0.127. The van der Waals surface area contributed by atoms with Crippen molar-refractivity contribution in [2.75, 3.05) is 13.2 Å². The SMILES string of the molecule is CC(C)C=C(F)C(OC(=N)C(Cl)(Cl)Cl)C(CCCN1C(=O)c2ccccc2C1=O)C(=O)N1C(=O)OCC1Cc1ccccc1. The fraction of sp³-hybridized carbons (Fsp3) is 0.387. The first kappa shape index (κ1) is 33.4. The van der Waals surface area contributed by atoms with Crippen LogP contribution in [-0.2, 0) is 20.7 Å². The average Bonchev–Trinajstić information content (AvgIpc) is 3.45. The van der Waals surface area contributed by atoms with Gasteiger partial charge < -0.3 is 9.47 Å². The highest BCUT2D eigenvalue weighted by atomic mass is 35.6. The molecule has 0 saturated carbocycles. The molecule has 2 aromatic carbocycles. The summed E-state index contributed by atoms with van der Waals surface area (Å²) in [5.41, 5.74) is 1.36. The van der Waals surface area contributed by atoms with Crippen molar-refractivity contribution in [3.8, 4) is 0 Å². The van der Waals surface area contributed by atoms with Gasteiger partial charge in [-0.3, -0.25) is 24.7 Å². The van der Waals surface area contributed by atoms with Crippen molar-refractivity contribution in [1.29, 1.82) is 5.41 Å². The smallest absolute Gasteiger partial charge is 0.416 e. The van der Waals surface area contributed by atoms with Crippen molar-refractivity contribution >= 4 is 64.5 Å². The number of halogens is 4. The summed E-state index contributed by atoms with van der Waals surface area (Å²) in [6.45, 7) is 3.21. The number of nitrogens with one attached hydrogen (secondary N) is 1. The van der Waals surface area contributed by atoms with Gasteiger partial charge in [-0.25, -0.2) is 14.1 Å². The molecule has 13 heteroatoms. The maximum Gasteiger partial charge on any atom is 0.416 e. The van der Waals surface area contributed by atoms with Crippen LogP contribution < -0.4 is 0 Å². The number of hydrogen-bond donors (Lipinski definition) is 1. The fourth-order valence-corrected chi connectivity index (χ4v) is 5.33. The van der Waals surface area contributed by atoms with Crippen molar-refractivity contribution in [3.05, 3.63) is 83.2 Å². The summed E-state index contributed by atoms with van der Waals surface area (Å²) in [6, 6.07) is 14.8. The summed E-state index contributed by atoms with van der Waals surface area (Å²) in [6.07, 6.45) is -1.33. The third-order valence-corrected chi connectivity index (χ3v) is 7.75. The number of rotatable bonds is 11. The normalized spacial score (nSPS) is 18.4. The number of alkyl halides is 3. The van der Waals surface area contributed by atoms with E-state index >= 15 is 4.39 Å². The van der Waals surface area contributed by atoms with E-state index in [0.717, 1.165) is 15.4 Å². The lowest BCUT2D eigenvalue weighted by atomic mass is 9.91. The first-order chi connectivity index (χ1) is 20.8. The third kappa shape index (κ3) is 7.60. The van der Waals surface area contributed by atoms with Gasteiger partial charge >= 0.3 is 6.09 Å². The van der Waals surface area contributed by atoms with E-state index in [1.165, 1.54) is 6.08 Å². The van der Waals surface area contributed by atoms with Gasteiger partial charge in [0.2, 0.25) is 11.8 Å². The maximum absolute atomic E-state index is 15.8. The maximum atomic E-state index is 15.8. The van der Waals surface area contributed by atoms with Gasteiger partial charge in [-0.1, -0.05) is 91.1 Å². The molecule has 4 rings (SSSR count). The Kier molecular flexibility index (Phi) is 10.7. The molecule has 2 heterocycles. The molecule has 2 aliphatic rings. The average molecular weight is 667 g/mol. The van der Waals surface area contributed by atoms with Gasteiger partial charge in [0.25, 0.3) is 15.6 Å². The van der Waals surface area contributed by atoms with Crippen LogP contribution >= 0.6 is 34.8 Å². The van der Waals surface area contributed by atoms with Crippen LogP contribution in [-0.4, -0.2) is 68.6 Å². The number of fused-ring (bicyclic) bond motifs is 1. The highest BCUT2D eigenvalue weighted by Crippen LogP contribution is 2.34. The van der Waals surface area contributed by atoms with E-state index in [-0.39, 0.29) is 49.5 Å². The molecule has 1 fully saturated rings. The minimum absolute atomic E-state index is 0.0318. The van der Waals surface area contributed by atoms with Crippen LogP contribution in [0.5, 0.6) is 0 Å². The number of nitrogens with zero attached hydrogens (tertiary/aromatic N) is 2. The molecule has 0 aliphatic carbocycles. The van der Waals surface area contributed by atoms with Crippen molar-refractivity contribution in [2.45, 2.75) is 49.0 Å². The first-order valence-corrected chi connectivity index (χ1v) is 15.1. The Morgan fingerprint density at radius 3 is 2.23 bits per heavy atom. The summed E-state index contributed by atoms with van der Waals surface area (Å²) in [4.78, 5) is 54.9. The number of cyclic esters (lactones) is 1. The van der Waals surface area contributed by atoms with Crippen molar-refractivity contribution in [2.24, 2.45) is 11.8 Å². The van der Waals surface area contributed by atoms with E-state index in [4.69, 9.17) is 49.7 Å². The number of hydrogen-bond acceptors (Lipinski definition) is 7. The number of imide groups is 2. The Labute approximate surface area is 269 Å². The van der Waals surface area contributed by atoms with Gasteiger partial charge in [0, 0.05) is 6.54 Å². The Morgan fingerprint density at radius 1 is 1.07 bits per heavy atom. The zero-order valence-electron chi connectivity index (χ0n) is 24.0. The molecule has 0 spiro atoms. The first-order valence-electron chi connectivity index (χ1n) is 14.0. The largest absolute Gasteiger partial charge is 0.467 e. The molecule has 1 saturated heterocycles. The lowest BCUT2D eigenvalue weighted by Crippen LogP contribution is -2.48. The second kappa shape index (κ2) is 14.1. The molecule has 2 aliphatic heterocycles. The summed E-state index contributed by atoms with van der Waals surface area (Å²) in [5.74, 6) is -5.41. The Hall–Kier alpha value is -3.47. The Balaban J connectivity index is 1.65. The number of amides is 4. The summed E-state index contributed by atoms with van der Waals surface area (Å²) in [5, 5.41) is 8.13. The monoisotopic (exact) mass is 665 g/mol. The molecular formula is C31H31Cl3FN3O6. The van der Waals surface area contributed by atoms with E-state index in [2.05, 4.69) is 0 Å². The molecule has 3 atom stereocenters. The number of allylic oxidation sites excluding steroid dienone is 1. The number of ether oxygens (including phenoxy) is 2. The molecule has 44 heavy (non-hydrogen) atoms. The second-order valence-corrected chi connectivity index (χ2v) is 13.1. The number of carbonyl (C=O) groups is 4. The molecule has 0 radical (unpaired) electrons. The lowest BCUT2D eigenvalue weighted by molar-refractivity contribution is -0.136. The molecule has 0 aromatic heterocycles. The van der Waals surface area contributed by atoms with Crippen LogP contribution in [0.15, 0.2) is 66.5 Å². The van der Waals surface area contributed by atoms with E-state index < -0.39 is 57.4 Å². The molecule has 1 N–H and O–H groups in total. The highest BCUT2D eigenvalue weighted by molar-refractivity contribution is 6.76. The topological polar surface area (TPSA) is 117 Å². The summed E-state index contributed by atoms with van der Waals surface area (Å²) < 4.78 is 24.2. The van der Waals surface area contributed by atoms with Gasteiger partial charge in [-0.2, -0.15) is 0 Å². The van der Waals surface area contributed by atoms with E-state index in [0.29, 0.717) is 0 Å². The minimum Gasteiger partial charge on any atom is -0.467 e. The minimum atomic E-state index is -2.37. The van der Waals surface area contributed by atoms with Crippen molar-refractivity contribution in [3.63, 3.8) is 0 Å². The molecule has 9 nitrogen and oxygen atoms in total. The molecule has 0 bridgehead atoms. The van der Waals surface area contributed by atoms with Crippen molar-refractivity contribution < 1.29 is 33.0 Å². The number of benzene rings is 2. The zero-order chi connectivity index (χ0) is 32.2. The Morgan fingerprint density at radius 2 is 1.66 bits per heavy atom. The van der Waals surface area contributed by atoms with Crippen LogP contribution in [0, 0.1) is 17.2 Å². The van der Waals surface area contributed by atoms with E-state index in [1.807, 2.05) is 30.3 Å². The summed E-state index contributed by atoms with van der Waals surface area (Å²) >= 11 is 17.5. The van der Waals surface area contributed by atoms with Crippen LogP contribution in [0.4, 0.5) is 9.18 Å². The van der Waals surface area contributed by atoms with Gasteiger partial charge in [0.15, 0.2) is 6.10 Å². The van der Waals surface area contributed by atoms with Crippen LogP contribution in [0.25, 0.3) is 0 Å². The van der Waals surface area contributed by atoms with E-state index in [1.54, 1.807) is 38.1 Å². The lowest BCUT2D eigenvalue weighted by Gasteiger charge is -2.31. The van der Waals surface area contributed by atoms with Gasteiger partial charge in [0.1, 0.15) is 12.4 Å². The Bertz CT molecular complexity index is 1430. The van der Waals surface area contributed by atoms with Crippen LogP contribution in [0.3, 0.4) is 0 Å². The van der Waals surface area contributed by atoms with E-state index in [9.17, 15) is 19.2 Å². The molecular weight excluding hydrogens is 636 g/mol. The highest BCUT2D eigenvalue weighted by Gasteiger charge is 2.46. The standard InChI is InChI=1S/C31H31Cl3FN3O6/c1-18(2)15-24(35)25(44-29(36)31(32,33)34)23(13-8-14-37-26(39)21-11-6-7-12-22(21)27(37)40)28(41)38-20(17-43-30(38)42)16-19-9-4-3-5-10-19/h3-7,9-12,15,18,20,23,25,36H,8,13-14,16-17H2,1-2H3. The van der Waals surface area contributed by atoms with Gasteiger partial charge in [0.05, 0.1) is 23.1 Å². The van der Waals surface area contributed by atoms with Crippen LogP contribution in [0.1, 0.15) is 53.0 Å². The summed E-state index contributed by atoms with van der Waals surface area (Å²) in [7, 11) is 0. The molecule has 4 amide bonds. The molecule has 234 valence electrons.